The van der Waals surface area contributed by atoms with Crippen molar-refractivity contribution in [2.24, 2.45) is 0 Å². The van der Waals surface area contributed by atoms with Gasteiger partial charge in [0.2, 0.25) is 5.95 Å². The highest BCUT2D eigenvalue weighted by atomic mass is 16.1. The molecule has 0 fully saturated rings. The minimum atomic E-state index is -0.116. The summed E-state index contributed by atoms with van der Waals surface area (Å²) in [5.74, 6) is 1.14. The third-order valence-corrected chi connectivity index (χ3v) is 6.05. The number of rotatable bonds is 4. The van der Waals surface area contributed by atoms with E-state index in [2.05, 4.69) is 49.3 Å². The SMILES string of the molecule is CCn1c(=O)c2cnc(Nc3ccc4c(c3)CCC4)nc2n1-c1cccc(C(C)(C)C)n1. The standard InChI is InChI=1S/C25H28N6O/c1-5-30-23(32)19-15-26-24(27-18-13-12-16-8-6-9-17(16)14-18)29-22(19)31(30)21-11-7-10-20(28-21)25(2,3)4/h7,10-15H,5-6,8-9H2,1-4H3,(H,26,27,29). The molecular formula is C25H28N6O. The van der Waals surface area contributed by atoms with Gasteiger partial charge in [-0.25, -0.2) is 19.3 Å². The lowest BCUT2D eigenvalue weighted by Gasteiger charge is -2.19. The van der Waals surface area contributed by atoms with Gasteiger partial charge < -0.3 is 5.32 Å². The van der Waals surface area contributed by atoms with Crippen LogP contribution >= 0.6 is 0 Å². The van der Waals surface area contributed by atoms with Gasteiger partial charge in [0.1, 0.15) is 5.39 Å². The number of benzene rings is 1. The maximum absolute atomic E-state index is 13.0. The van der Waals surface area contributed by atoms with Crippen LogP contribution in [-0.4, -0.2) is 24.3 Å². The Labute approximate surface area is 187 Å². The van der Waals surface area contributed by atoms with Crippen LogP contribution < -0.4 is 10.9 Å². The van der Waals surface area contributed by atoms with E-state index < -0.39 is 0 Å². The topological polar surface area (TPSA) is 77.6 Å². The van der Waals surface area contributed by atoms with E-state index in [1.165, 1.54) is 17.5 Å². The minimum Gasteiger partial charge on any atom is -0.324 e. The summed E-state index contributed by atoms with van der Waals surface area (Å²) >= 11 is 0. The van der Waals surface area contributed by atoms with Crippen molar-refractivity contribution in [3.63, 3.8) is 0 Å². The first kappa shape index (κ1) is 20.4. The molecule has 3 heterocycles. The first-order chi connectivity index (χ1) is 15.3. The number of nitrogens with one attached hydrogen (secondary N) is 1. The molecule has 1 N–H and O–H groups in total. The summed E-state index contributed by atoms with van der Waals surface area (Å²) in [6.45, 7) is 8.83. The largest absolute Gasteiger partial charge is 0.324 e. The number of hydrogen-bond acceptors (Lipinski definition) is 5. The second-order valence-corrected chi connectivity index (χ2v) is 9.36. The van der Waals surface area contributed by atoms with Crippen molar-refractivity contribution < 1.29 is 0 Å². The molecule has 0 aliphatic heterocycles. The summed E-state index contributed by atoms with van der Waals surface area (Å²) in [6, 6.07) is 12.3. The normalized spacial score (nSPS) is 13.5. The van der Waals surface area contributed by atoms with Crippen LogP contribution in [0.25, 0.3) is 16.9 Å². The highest BCUT2D eigenvalue weighted by Crippen LogP contribution is 2.27. The second kappa shape index (κ2) is 7.58. The van der Waals surface area contributed by atoms with Gasteiger partial charge >= 0.3 is 0 Å². The van der Waals surface area contributed by atoms with Crippen LogP contribution in [0.4, 0.5) is 11.6 Å². The highest BCUT2D eigenvalue weighted by Gasteiger charge is 2.20. The zero-order chi connectivity index (χ0) is 22.5. The molecule has 0 amide bonds. The van der Waals surface area contributed by atoms with E-state index >= 15 is 0 Å². The number of nitrogens with zero attached hydrogens (tertiary/aromatic N) is 5. The smallest absolute Gasteiger partial charge is 0.278 e. The van der Waals surface area contributed by atoms with Gasteiger partial charge in [0.25, 0.3) is 5.56 Å². The Bertz CT molecular complexity index is 1380. The lowest BCUT2D eigenvalue weighted by atomic mass is 9.92. The number of pyridine rings is 1. The molecule has 0 atom stereocenters. The summed E-state index contributed by atoms with van der Waals surface area (Å²) in [4.78, 5) is 27.1. The molecule has 0 saturated heterocycles. The van der Waals surface area contributed by atoms with E-state index in [1.807, 2.05) is 29.8 Å². The molecule has 5 rings (SSSR count). The number of fused-ring (bicyclic) bond motifs is 2. The Morgan fingerprint density at radius 1 is 1.06 bits per heavy atom. The molecule has 1 aliphatic carbocycles. The average molecular weight is 429 g/mol. The van der Waals surface area contributed by atoms with Crippen LogP contribution in [0.5, 0.6) is 0 Å². The molecule has 0 unspecified atom stereocenters. The highest BCUT2D eigenvalue weighted by molar-refractivity contribution is 5.77. The van der Waals surface area contributed by atoms with E-state index in [0.29, 0.717) is 29.3 Å². The fourth-order valence-electron chi connectivity index (χ4n) is 4.34. The summed E-state index contributed by atoms with van der Waals surface area (Å²) in [7, 11) is 0. The van der Waals surface area contributed by atoms with Crippen molar-refractivity contribution in [3.8, 4) is 5.82 Å². The quantitative estimate of drug-likeness (QED) is 0.517. The summed E-state index contributed by atoms with van der Waals surface area (Å²) in [5, 5.41) is 3.80. The Hall–Kier alpha value is -3.48. The van der Waals surface area contributed by atoms with Crippen LogP contribution in [0.1, 0.15) is 50.9 Å². The van der Waals surface area contributed by atoms with E-state index in [1.54, 1.807) is 10.9 Å². The summed E-state index contributed by atoms with van der Waals surface area (Å²) in [5.41, 5.74) is 5.05. The molecule has 0 radical (unpaired) electrons. The molecule has 0 saturated carbocycles. The van der Waals surface area contributed by atoms with Gasteiger partial charge in [-0.2, -0.15) is 4.98 Å². The molecular weight excluding hydrogens is 400 g/mol. The van der Waals surface area contributed by atoms with Crippen LogP contribution in [-0.2, 0) is 24.8 Å². The average Bonchev–Trinajstić information content (AvgIpc) is 3.34. The third-order valence-electron chi connectivity index (χ3n) is 6.05. The molecule has 3 aromatic heterocycles. The predicted octanol–water partition coefficient (Wildman–Crippen LogP) is 4.53. The van der Waals surface area contributed by atoms with E-state index in [0.717, 1.165) is 24.2 Å². The second-order valence-electron chi connectivity index (χ2n) is 9.36. The fraction of sp³-hybridized carbons (Fsp3) is 0.360. The first-order valence-electron chi connectivity index (χ1n) is 11.2. The van der Waals surface area contributed by atoms with Crippen molar-refractivity contribution in [2.45, 2.75) is 58.9 Å². The molecule has 164 valence electrons. The van der Waals surface area contributed by atoms with Gasteiger partial charge in [-0.3, -0.25) is 4.79 Å². The van der Waals surface area contributed by atoms with E-state index in [4.69, 9.17) is 9.97 Å². The molecule has 1 aromatic carbocycles. The van der Waals surface area contributed by atoms with Gasteiger partial charge in [0, 0.05) is 29.5 Å². The van der Waals surface area contributed by atoms with Crippen molar-refractivity contribution in [1.82, 2.24) is 24.3 Å². The van der Waals surface area contributed by atoms with Crippen molar-refractivity contribution in [1.29, 1.82) is 0 Å². The maximum Gasteiger partial charge on any atom is 0.278 e. The Morgan fingerprint density at radius 2 is 1.88 bits per heavy atom. The first-order valence-corrected chi connectivity index (χ1v) is 11.2. The number of anilines is 2. The number of aromatic nitrogens is 5. The fourth-order valence-corrected chi connectivity index (χ4v) is 4.34. The van der Waals surface area contributed by atoms with Crippen LogP contribution in [0.2, 0.25) is 0 Å². The number of aryl methyl sites for hydroxylation is 2. The van der Waals surface area contributed by atoms with Crippen molar-refractivity contribution >= 4 is 22.7 Å². The third kappa shape index (κ3) is 3.47. The lowest BCUT2D eigenvalue weighted by molar-refractivity contribution is 0.545. The van der Waals surface area contributed by atoms with Crippen LogP contribution in [0.3, 0.4) is 0 Å². The van der Waals surface area contributed by atoms with Crippen LogP contribution in [0, 0.1) is 0 Å². The molecule has 0 bridgehead atoms. The zero-order valence-corrected chi connectivity index (χ0v) is 19.0. The van der Waals surface area contributed by atoms with Gasteiger partial charge in [-0.15, -0.1) is 0 Å². The van der Waals surface area contributed by atoms with Crippen LogP contribution in [0.15, 0.2) is 47.4 Å². The monoisotopic (exact) mass is 428 g/mol. The van der Waals surface area contributed by atoms with E-state index in [9.17, 15) is 4.79 Å². The molecule has 0 spiro atoms. The minimum absolute atomic E-state index is 0.106. The van der Waals surface area contributed by atoms with Gasteiger partial charge in [-0.05, 0) is 61.6 Å². The predicted molar refractivity (Wildman–Crippen MR) is 127 cm³/mol. The Kier molecular flexibility index (Phi) is 4.84. The molecule has 7 heteroatoms. The van der Waals surface area contributed by atoms with Crippen molar-refractivity contribution in [2.75, 3.05) is 5.32 Å². The van der Waals surface area contributed by atoms with Crippen molar-refractivity contribution in [3.05, 3.63) is 69.8 Å². The maximum atomic E-state index is 13.0. The lowest BCUT2D eigenvalue weighted by Crippen LogP contribution is -2.23. The number of hydrogen-bond donors (Lipinski definition) is 1. The Morgan fingerprint density at radius 3 is 2.66 bits per heavy atom. The zero-order valence-electron chi connectivity index (χ0n) is 19.0. The molecule has 32 heavy (non-hydrogen) atoms. The molecule has 1 aliphatic rings. The summed E-state index contributed by atoms with van der Waals surface area (Å²) in [6.07, 6.45) is 5.07. The van der Waals surface area contributed by atoms with Gasteiger partial charge in [0.05, 0.1) is 0 Å². The summed E-state index contributed by atoms with van der Waals surface area (Å²) < 4.78 is 3.47. The molecule has 7 nitrogen and oxygen atoms in total. The van der Waals surface area contributed by atoms with E-state index in [-0.39, 0.29) is 11.0 Å². The molecule has 4 aromatic rings. The van der Waals surface area contributed by atoms with Gasteiger partial charge in [-0.1, -0.05) is 32.9 Å². The van der Waals surface area contributed by atoms with Gasteiger partial charge in [0.15, 0.2) is 11.5 Å². The Balaban J connectivity index is 1.62.